The number of nitrogens with zero attached hydrogens (tertiary/aromatic N) is 1. The second-order valence-corrected chi connectivity index (χ2v) is 6.63. The topological polar surface area (TPSA) is 71.1 Å². The van der Waals surface area contributed by atoms with E-state index in [9.17, 15) is 9.59 Å². The van der Waals surface area contributed by atoms with Crippen LogP contribution in [0.4, 0.5) is 5.13 Å². The largest absolute Gasteiger partial charge is 0.340 e. The first-order chi connectivity index (χ1) is 10.6. The summed E-state index contributed by atoms with van der Waals surface area (Å²) in [5, 5.41) is 7.76. The molecule has 0 fully saturated rings. The molecule has 7 heteroatoms. The van der Waals surface area contributed by atoms with Crippen LogP contribution in [0, 0.1) is 0 Å². The van der Waals surface area contributed by atoms with Gasteiger partial charge >= 0.3 is 0 Å². The van der Waals surface area contributed by atoms with Gasteiger partial charge in [0.05, 0.1) is 15.1 Å². The number of carbonyl (C=O) groups excluding carboxylic acids is 2. The third kappa shape index (κ3) is 3.15. The number of nitrogens with one attached hydrogen (secondary N) is 2. The van der Waals surface area contributed by atoms with Gasteiger partial charge in [-0.3, -0.25) is 9.59 Å². The van der Waals surface area contributed by atoms with E-state index in [1.165, 1.54) is 22.7 Å². The molecule has 112 valence electrons. The lowest BCUT2D eigenvalue weighted by Gasteiger charge is -2.12. The van der Waals surface area contributed by atoms with Crippen molar-refractivity contribution in [2.24, 2.45) is 0 Å². The molecule has 0 unspecified atom stereocenters. The van der Waals surface area contributed by atoms with Gasteiger partial charge in [-0.05, 0) is 30.5 Å². The summed E-state index contributed by atoms with van der Waals surface area (Å²) in [5.41, 5.74) is 0.845. The lowest BCUT2D eigenvalue weighted by Crippen LogP contribution is -2.41. The number of fused-ring (bicyclic) bond motifs is 1. The molecule has 3 aromatic rings. The maximum atomic E-state index is 12.1. The molecule has 1 aromatic carbocycles. The number of benzene rings is 1. The molecule has 0 aliphatic carbocycles. The van der Waals surface area contributed by atoms with Crippen molar-refractivity contribution in [2.45, 2.75) is 13.0 Å². The molecule has 0 bridgehead atoms. The zero-order chi connectivity index (χ0) is 15.5. The number of hydrogen-bond acceptors (Lipinski definition) is 5. The number of anilines is 1. The molecule has 22 heavy (non-hydrogen) atoms. The molecule has 2 amide bonds. The monoisotopic (exact) mass is 331 g/mol. The fraction of sp³-hybridized carbons (Fsp3) is 0.133. The minimum absolute atomic E-state index is 0.248. The van der Waals surface area contributed by atoms with Crippen molar-refractivity contribution in [3.63, 3.8) is 0 Å². The van der Waals surface area contributed by atoms with Gasteiger partial charge in [0.25, 0.3) is 5.91 Å². The summed E-state index contributed by atoms with van der Waals surface area (Å²) in [6.07, 6.45) is 0. The Morgan fingerprint density at radius 2 is 2.00 bits per heavy atom. The lowest BCUT2D eigenvalue weighted by molar-refractivity contribution is -0.117. The Morgan fingerprint density at radius 3 is 2.73 bits per heavy atom. The van der Waals surface area contributed by atoms with E-state index >= 15 is 0 Å². The van der Waals surface area contributed by atoms with Gasteiger partial charge in [0.15, 0.2) is 5.13 Å². The van der Waals surface area contributed by atoms with E-state index in [-0.39, 0.29) is 11.8 Å². The maximum absolute atomic E-state index is 12.1. The predicted molar refractivity (Wildman–Crippen MR) is 89.5 cm³/mol. The normalized spacial score (nSPS) is 12.0. The highest BCUT2D eigenvalue weighted by molar-refractivity contribution is 7.22. The average Bonchev–Trinajstić information content (AvgIpc) is 3.15. The van der Waals surface area contributed by atoms with E-state index < -0.39 is 6.04 Å². The Balaban J connectivity index is 1.64. The van der Waals surface area contributed by atoms with E-state index in [1.807, 2.05) is 29.6 Å². The first kappa shape index (κ1) is 14.7. The number of carbonyl (C=O) groups is 2. The molecule has 2 N–H and O–H groups in total. The van der Waals surface area contributed by atoms with Gasteiger partial charge in [-0.25, -0.2) is 4.98 Å². The summed E-state index contributed by atoms with van der Waals surface area (Å²) in [6, 6.07) is 10.5. The fourth-order valence-corrected chi connectivity index (χ4v) is 3.38. The molecule has 0 radical (unpaired) electrons. The molecule has 0 saturated heterocycles. The standard InChI is InChI=1S/C15H13N3O2S2/c1-9(16-14(20)12-7-4-8-21-12)13(19)18-15-17-10-5-2-3-6-11(10)22-15/h2-9H,1H3,(H,16,20)(H,17,18,19)/t9-/m1/s1. The van der Waals surface area contributed by atoms with Crippen LogP contribution < -0.4 is 10.6 Å². The summed E-state index contributed by atoms with van der Waals surface area (Å²) in [5.74, 6) is -0.536. The molecule has 2 aromatic heterocycles. The van der Waals surface area contributed by atoms with Crippen LogP contribution in [0.3, 0.4) is 0 Å². The molecule has 0 aliphatic heterocycles. The Morgan fingerprint density at radius 1 is 1.18 bits per heavy atom. The van der Waals surface area contributed by atoms with Gasteiger partial charge in [0, 0.05) is 0 Å². The highest BCUT2D eigenvalue weighted by Crippen LogP contribution is 2.25. The third-order valence-corrected chi connectivity index (χ3v) is 4.83. The van der Waals surface area contributed by atoms with Gasteiger partial charge in [-0.15, -0.1) is 11.3 Å². The summed E-state index contributed by atoms with van der Waals surface area (Å²) < 4.78 is 1.01. The number of aromatic nitrogens is 1. The second kappa shape index (κ2) is 6.25. The second-order valence-electron chi connectivity index (χ2n) is 4.65. The lowest BCUT2D eigenvalue weighted by atomic mass is 10.3. The van der Waals surface area contributed by atoms with Crippen LogP contribution in [-0.4, -0.2) is 22.8 Å². The van der Waals surface area contributed by atoms with Gasteiger partial charge in [-0.2, -0.15) is 0 Å². The van der Waals surface area contributed by atoms with Crippen LogP contribution in [0.5, 0.6) is 0 Å². The van der Waals surface area contributed by atoms with E-state index in [2.05, 4.69) is 15.6 Å². The van der Waals surface area contributed by atoms with Crippen LogP contribution >= 0.6 is 22.7 Å². The zero-order valence-corrected chi connectivity index (χ0v) is 13.3. The minimum atomic E-state index is -0.637. The summed E-state index contributed by atoms with van der Waals surface area (Å²) in [4.78, 5) is 29.0. The first-order valence-corrected chi connectivity index (χ1v) is 8.34. The molecule has 2 heterocycles. The van der Waals surface area contributed by atoms with Crippen LogP contribution in [0.2, 0.25) is 0 Å². The number of thiazole rings is 1. The van der Waals surface area contributed by atoms with Crippen molar-refractivity contribution < 1.29 is 9.59 Å². The van der Waals surface area contributed by atoms with Crippen LogP contribution in [0.25, 0.3) is 10.2 Å². The van der Waals surface area contributed by atoms with Gasteiger partial charge in [0.2, 0.25) is 5.91 Å². The Bertz CT molecular complexity index is 778. The number of hydrogen-bond donors (Lipinski definition) is 2. The predicted octanol–water partition coefficient (Wildman–Crippen LogP) is 3.11. The quantitative estimate of drug-likeness (QED) is 0.771. The van der Waals surface area contributed by atoms with Gasteiger partial charge in [-0.1, -0.05) is 29.5 Å². The molecule has 0 spiro atoms. The Hall–Kier alpha value is -2.25. The van der Waals surface area contributed by atoms with Gasteiger partial charge < -0.3 is 10.6 Å². The minimum Gasteiger partial charge on any atom is -0.340 e. The van der Waals surface area contributed by atoms with E-state index in [1.54, 1.807) is 19.1 Å². The van der Waals surface area contributed by atoms with Crippen molar-refractivity contribution in [2.75, 3.05) is 5.32 Å². The highest BCUT2D eigenvalue weighted by Gasteiger charge is 2.18. The average molecular weight is 331 g/mol. The summed E-state index contributed by atoms with van der Waals surface area (Å²) in [6.45, 7) is 1.65. The number of para-hydroxylation sites is 1. The number of rotatable bonds is 4. The first-order valence-electron chi connectivity index (χ1n) is 6.64. The van der Waals surface area contributed by atoms with Crippen molar-refractivity contribution >= 4 is 49.8 Å². The van der Waals surface area contributed by atoms with Crippen molar-refractivity contribution in [1.82, 2.24) is 10.3 Å². The van der Waals surface area contributed by atoms with E-state index in [0.29, 0.717) is 10.0 Å². The van der Waals surface area contributed by atoms with Crippen LogP contribution in [0.15, 0.2) is 41.8 Å². The Labute approximate surface area is 135 Å². The SMILES string of the molecule is C[C@@H](NC(=O)c1cccs1)C(=O)Nc1nc2ccccc2s1. The molecule has 0 saturated carbocycles. The van der Waals surface area contributed by atoms with Crippen molar-refractivity contribution in [3.05, 3.63) is 46.7 Å². The smallest absolute Gasteiger partial charge is 0.261 e. The van der Waals surface area contributed by atoms with Crippen LogP contribution in [0.1, 0.15) is 16.6 Å². The highest BCUT2D eigenvalue weighted by atomic mass is 32.1. The molecule has 3 rings (SSSR count). The zero-order valence-electron chi connectivity index (χ0n) is 11.7. The van der Waals surface area contributed by atoms with Crippen LogP contribution in [-0.2, 0) is 4.79 Å². The molecule has 1 atom stereocenters. The van der Waals surface area contributed by atoms with Crippen molar-refractivity contribution in [1.29, 1.82) is 0 Å². The van der Waals surface area contributed by atoms with Gasteiger partial charge in [0.1, 0.15) is 6.04 Å². The number of amides is 2. The van der Waals surface area contributed by atoms with Crippen molar-refractivity contribution in [3.8, 4) is 0 Å². The molecule has 5 nitrogen and oxygen atoms in total. The third-order valence-electron chi connectivity index (χ3n) is 3.01. The fourth-order valence-electron chi connectivity index (χ4n) is 1.88. The molecular formula is C15H13N3O2S2. The van der Waals surface area contributed by atoms with E-state index in [0.717, 1.165) is 10.2 Å². The maximum Gasteiger partial charge on any atom is 0.261 e. The number of thiophene rings is 1. The summed E-state index contributed by atoms with van der Waals surface area (Å²) >= 11 is 2.74. The van der Waals surface area contributed by atoms with E-state index in [4.69, 9.17) is 0 Å². The Kier molecular flexibility index (Phi) is 4.17. The molecular weight excluding hydrogens is 318 g/mol. The summed E-state index contributed by atoms with van der Waals surface area (Å²) in [7, 11) is 0. The molecule has 0 aliphatic rings.